The minimum Gasteiger partial charge on any atom is -0.303 e. The first-order chi connectivity index (χ1) is 6.11. The lowest BCUT2D eigenvalue weighted by Crippen LogP contribution is -2.39. The summed E-state index contributed by atoms with van der Waals surface area (Å²) in [5, 5.41) is 0. The molecule has 5 heteroatoms. The van der Waals surface area contributed by atoms with Gasteiger partial charge in [-0.25, -0.2) is 4.79 Å². The van der Waals surface area contributed by atoms with E-state index in [1.165, 1.54) is 17.8 Å². The Balaban J connectivity index is 3.68. The molecule has 5 nitrogen and oxygen atoms in total. The molecule has 0 bridgehead atoms. The number of aryl methyl sites for hydroxylation is 1. The highest BCUT2D eigenvalue weighted by molar-refractivity contribution is 5.73. The number of hydrogen-bond donors (Lipinski definition) is 0. The van der Waals surface area contributed by atoms with Crippen LogP contribution in [-0.2, 0) is 13.6 Å². The van der Waals surface area contributed by atoms with Crippen LogP contribution >= 0.6 is 0 Å². The fraction of sp³-hybridized carbons (Fsp3) is 0.375. The van der Waals surface area contributed by atoms with Gasteiger partial charge in [0, 0.05) is 19.8 Å². The molecule has 1 rings (SSSR count). The zero-order valence-corrected chi connectivity index (χ0v) is 7.48. The molecule has 0 spiro atoms. The topological polar surface area (TPSA) is 61.1 Å². The third-order valence-corrected chi connectivity index (χ3v) is 1.80. The molecule has 70 valence electrons. The van der Waals surface area contributed by atoms with Crippen LogP contribution in [0.4, 0.5) is 0 Å². The van der Waals surface area contributed by atoms with E-state index in [1.54, 1.807) is 6.92 Å². The zero-order chi connectivity index (χ0) is 10.0. The van der Waals surface area contributed by atoms with E-state index in [0.29, 0.717) is 6.29 Å². The van der Waals surface area contributed by atoms with Crippen molar-refractivity contribution in [3.63, 3.8) is 0 Å². The summed E-state index contributed by atoms with van der Waals surface area (Å²) in [6.45, 7) is 1.95. The van der Waals surface area contributed by atoms with Crippen LogP contribution in [0, 0.1) is 0 Å². The molecule has 1 aromatic rings. The molecule has 0 aliphatic carbocycles. The average molecular weight is 182 g/mol. The Kier molecular flexibility index (Phi) is 2.46. The van der Waals surface area contributed by atoms with Crippen LogP contribution in [0.3, 0.4) is 0 Å². The maximum atomic E-state index is 11.3. The molecule has 0 radical (unpaired) electrons. The summed E-state index contributed by atoms with van der Waals surface area (Å²) in [5.41, 5.74) is -0.928. The summed E-state index contributed by atoms with van der Waals surface area (Å²) in [5.74, 6) is 0. The Morgan fingerprint density at radius 3 is 2.54 bits per heavy atom. The van der Waals surface area contributed by atoms with Gasteiger partial charge in [0.15, 0.2) is 6.29 Å². The third kappa shape index (κ3) is 1.44. The Morgan fingerprint density at radius 1 is 1.46 bits per heavy atom. The van der Waals surface area contributed by atoms with Crippen LogP contribution in [0.5, 0.6) is 0 Å². The zero-order valence-electron chi connectivity index (χ0n) is 7.48. The first-order valence-electron chi connectivity index (χ1n) is 3.87. The van der Waals surface area contributed by atoms with Crippen LogP contribution in [0.25, 0.3) is 0 Å². The van der Waals surface area contributed by atoms with Crippen LogP contribution in [0.15, 0.2) is 15.8 Å². The van der Waals surface area contributed by atoms with Gasteiger partial charge in [0.2, 0.25) is 0 Å². The number of hydrogen-bond acceptors (Lipinski definition) is 3. The first-order valence-corrected chi connectivity index (χ1v) is 3.87. The highest BCUT2D eigenvalue weighted by Crippen LogP contribution is 1.82. The van der Waals surface area contributed by atoms with Crippen molar-refractivity contribution in [2.45, 2.75) is 13.5 Å². The van der Waals surface area contributed by atoms with E-state index in [1.807, 2.05) is 0 Å². The molecule has 0 N–H and O–H groups in total. The van der Waals surface area contributed by atoms with Crippen molar-refractivity contribution in [3.05, 3.63) is 32.6 Å². The van der Waals surface area contributed by atoms with Crippen molar-refractivity contribution in [2.75, 3.05) is 0 Å². The van der Waals surface area contributed by atoms with Crippen LogP contribution in [-0.4, -0.2) is 15.4 Å². The maximum Gasteiger partial charge on any atom is 0.330 e. The van der Waals surface area contributed by atoms with Gasteiger partial charge >= 0.3 is 5.69 Å². The molecule has 13 heavy (non-hydrogen) atoms. The van der Waals surface area contributed by atoms with Gasteiger partial charge in [-0.1, -0.05) is 0 Å². The SMILES string of the molecule is CCn1c(=O)c(C=O)cn(C)c1=O. The Labute approximate surface area is 74.2 Å². The van der Waals surface area contributed by atoms with Crippen molar-refractivity contribution in [3.8, 4) is 0 Å². The van der Waals surface area contributed by atoms with Gasteiger partial charge in [-0.05, 0) is 6.92 Å². The van der Waals surface area contributed by atoms with Gasteiger partial charge in [0.25, 0.3) is 5.56 Å². The summed E-state index contributed by atoms with van der Waals surface area (Å²) in [4.78, 5) is 33.1. The normalized spacial score (nSPS) is 10.0. The van der Waals surface area contributed by atoms with Crippen molar-refractivity contribution in [1.29, 1.82) is 0 Å². The molecule has 0 aliphatic heterocycles. The lowest BCUT2D eigenvalue weighted by atomic mass is 10.3. The van der Waals surface area contributed by atoms with Gasteiger partial charge in [-0.2, -0.15) is 0 Å². The van der Waals surface area contributed by atoms with Gasteiger partial charge in [-0.15, -0.1) is 0 Å². The quantitative estimate of drug-likeness (QED) is 0.572. The van der Waals surface area contributed by atoms with Crippen LogP contribution in [0.1, 0.15) is 17.3 Å². The second-order valence-corrected chi connectivity index (χ2v) is 2.65. The van der Waals surface area contributed by atoms with Crippen LogP contribution in [0.2, 0.25) is 0 Å². The van der Waals surface area contributed by atoms with Crippen molar-refractivity contribution in [2.24, 2.45) is 7.05 Å². The summed E-state index contributed by atoms with van der Waals surface area (Å²) in [6, 6.07) is 0. The van der Waals surface area contributed by atoms with E-state index in [2.05, 4.69) is 0 Å². The van der Waals surface area contributed by atoms with E-state index in [4.69, 9.17) is 0 Å². The molecule has 0 unspecified atom stereocenters. The molecule has 0 atom stereocenters. The molecular formula is C8H10N2O3. The predicted octanol–water partition coefficient (Wildman–Crippen LogP) is -0.621. The van der Waals surface area contributed by atoms with E-state index >= 15 is 0 Å². The monoisotopic (exact) mass is 182 g/mol. The Bertz CT molecular complexity index is 442. The summed E-state index contributed by atoms with van der Waals surface area (Å²) >= 11 is 0. The molecule has 0 saturated heterocycles. The third-order valence-electron chi connectivity index (χ3n) is 1.80. The van der Waals surface area contributed by atoms with Crippen molar-refractivity contribution < 1.29 is 4.79 Å². The smallest absolute Gasteiger partial charge is 0.303 e. The summed E-state index contributed by atoms with van der Waals surface area (Å²) in [6.07, 6.45) is 1.69. The fourth-order valence-corrected chi connectivity index (χ4v) is 1.11. The maximum absolute atomic E-state index is 11.3. The largest absolute Gasteiger partial charge is 0.330 e. The van der Waals surface area contributed by atoms with Gasteiger partial charge in [-0.3, -0.25) is 14.2 Å². The number of carbonyl (C=O) groups excluding carboxylic acids is 1. The number of aromatic nitrogens is 2. The predicted molar refractivity (Wildman–Crippen MR) is 47.0 cm³/mol. The number of carbonyl (C=O) groups is 1. The van der Waals surface area contributed by atoms with Gasteiger partial charge in [0.05, 0.1) is 5.56 Å². The molecule has 0 saturated carbocycles. The molecule has 0 fully saturated rings. The van der Waals surface area contributed by atoms with Gasteiger partial charge in [0.1, 0.15) is 0 Å². The fourth-order valence-electron chi connectivity index (χ4n) is 1.11. The summed E-state index contributed by atoms with van der Waals surface area (Å²) < 4.78 is 2.23. The van der Waals surface area contributed by atoms with E-state index in [0.717, 1.165) is 4.57 Å². The van der Waals surface area contributed by atoms with E-state index in [9.17, 15) is 14.4 Å². The molecule has 1 aromatic heterocycles. The minimum absolute atomic E-state index is 0.00366. The molecule has 0 aromatic carbocycles. The number of aldehydes is 1. The average Bonchev–Trinajstić information content (AvgIpc) is 2.12. The second-order valence-electron chi connectivity index (χ2n) is 2.65. The Hall–Kier alpha value is -1.65. The molecule has 0 amide bonds. The highest BCUT2D eigenvalue weighted by Gasteiger charge is 2.06. The molecular weight excluding hydrogens is 172 g/mol. The Morgan fingerprint density at radius 2 is 2.08 bits per heavy atom. The van der Waals surface area contributed by atoms with E-state index < -0.39 is 11.2 Å². The van der Waals surface area contributed by atoms with Gasteiger partial charge < -0.3 is 4.57 Å². The minimum atomic E-state index is -0.527. The molecule has 0 aliphatic rings. The number of nitrogens with zero attached hydrogens (tertiary/aromatic N) is 2. The van der Waals surface area contributed by atoms with Crippen molar-refractivity contribution >= 4 is 6.29 Å². The lowest BCUT2D eigenvalue weighted by Gasteiger charge is -2.04. The highest BCUT2D eigenvalue weighted by atomic mass is 16.2. The first kappa shape index (κ1) is 9.44. The molecule has 1 heterocycles. The summed E-state index contributed by atoms with van der Waals surface area (Å²) in [7, 11) is 1.50. The van der Waals surface area contributed by atoms with E-state index in [-0.39, 0.29) is 12.1 Å². The number of rotatable bonds is 2. The van der Waals surface area contributed by atoms with Crippen molar-refractivity contribution in [1.82, 2.24) is 9.13 Å². The lowest BCUT2D eigenvalue weighted by molar-refractivity contribution is 0.112. The standard InChI is InChI=1S/C8H10N2O3/c1-3-10-7(12)6(5-11)4-9(2)8(10)13/h4-5H,3H2,1-2H3. The second kappa shape index (κ2) is 3.38. The van der Waals surface area contributed by atoms with Crippen LogP contribution < -0.4 is 11.2 Å².